The van der Waals surface area contributed by atoms with E-state index in [2.05, 4.69) is 9.97 Å². The fraction of sp³-hybridized carbons (Fsp3) is 0.0909. The number of nitrogens with zero attached hydrogens (tertiary/aromatic N) is 3. The van der Waals surface area contributed by atoms with E-state index in [1.165, 1.54) is 16.8 Å². The predicted molar refractivity (Wildman–Crippen MR) is 60.2 cm³/mol. The van der Waals surface area contributed by atoms with Gasteiger partial charge in [0.1, 0.15) is 6.54 Å². The maximum atomic E-state index is 11.6. The van der Waals surface area contributed by atoms with Gasteiger partial charge < -0.3 is 0 Å². The molecule has 0 amide bonds. The number of nitrogens with one attached hydrogen (secondary N) is 1. The molecule has 1 N–H and O–H groups in total. The number of aromatic nitrogens is 3. The fourth-order valence-corrected chi connectivity index (χ4v) is 1.50. The first-order chi connectivity index (χ1) is 8.22. The van der Waals surface area contributed by atoms with Gasteiger partial charge in [0.05, 0.1) is 11.8 Å². The molecular formula is C11H8N4O2. The normalized spacial score (nSPS) is 9.82. The molecule has 6 heteroatoms. The van der Waals surface area contributed by atoms with Gasteiger partial charge in [0, 0.05) is 24.0 Å². The summed E-state index contributed by atoms with van der Waals surface area (Å²) in [4.78, 5) is 28.9. The van der Waals surface area contributed by atoms with Crippen LogP contribution in [0, 0.1) is 11.3 Å². The van der Waals surface area contributed by atoms with Gasteiger partial charge in [0.2, 0.25) is 0 Å². The molecule has 0 aliphatic rings. The number of pyridine rings is 1. The summed E-state index contributed by atoms with van der Waals surface area (Å²) in [5.74, 6) is 0. The summed E-state index contributed by atoms with van der Waals surface area (Å²) in [5.41, 5.74) is -0.0969. The lowest BCUT2D eigenvalue weighted by atomic mass is 10.2. The van der Waals surface area contributed by atoms with Gasteiger partial charge >= 0.3 is 5.69 Å². The number of H-pyrrole nitrogens is 1. The van der Waals surface area contributed by atoms with Crippen LogP contribution in [0.3, 0.4) is 0 Å². The molecule has 0 atom stereocenters. The Balaban J connectivity index is 2.73. The maximum absolute atomic E-state index is 11.6. The first-order valence-corrected chi connectivity index (χ1v) is 4.84. The minimum atomic E-state index is -0.599. The van der Waals surface area contributed by atoms with Crippen LogP contribution in [0.4, 0.5) is 0 Å². The molecule has 6 nitrogen and oxygen atoms in total. The smallest absolute Gasteiger partial charge is 0.279 e. The summed E-state index contributed by atoms with van der Waals surface area (Å²) >= 11 is 0. The third kappa shape index (κ3) is 2.13. The Morgan fingerprint density at radius 3 is 2.94 bits per heavy atom. The average molecular weight is 228 g/mol. The molecule has 0 fully saturated rings. The lowest BCUT2D eigenvalue weighted by Crippen LogP contribution is -2.30. The molecule has 0 aliphatic heterocycles. The maximum Gasteiger partial charge on any atom is 0.329 e. The molecule has 2 aromatic heterocycles. The molecule has 2 rings (SSSR count). The number of hydrogen-bond acceptors (Lipinski definition) is 4. The quantitative estimate of drug-likeness (QED) is 0.790. The van der Waals surface area contributed by atoms with Crippen LogP contribution < -0.4 is 11.2 Å². The lowest BCUT2D eigenvalue weighted by molar-refractivity contribution is 0.752. The summed E-state index contributed by atoms with van der Waals surface area (Å²) in [6, 6.07) is 6.56. The second-order valence-corrected chi connectivity index (χ2v) is 3.31. The van der Waals surface area contributed by atoms with Gasteiger partial charge in [-0.1, -0.05) is 0 Å². The van der Waals surface area contributed by atoms with Crippen molar-refractivity contribution < 1.29 is 0 Å². The number of nitriles is 1. The number of rotatable bonds is 2. The summed E-state index contributed by atoms with van der Waals surface area (Å²) in [5, 5.41) is 8.67. The lowest BCUT2D eigenvalue weighted by Gasteiger charge is -2.07. The second kappa shape index (κ2) is 4.45. The van der Waals surface area contributed by atoms with Crippen LogP contribution in [0.15, 0.2) is 40.2 Å². The highest BCUT2D eigenvalue weighted by molar-refractivity contribution is 5.57. The SMILES string of the molecule is N#CCn1c(-c2cccnc2)cc(=O)[nH]c1=O. The Kier molecular flexibility index (Phi) is 2.83. The van der Waals surface area contributed by atoms with Crippen molar-refractivity contribution in [1.29, 1.82) is 5.26 Å². The van der Waals surface area contributed by atoms with Crippen molar-refractivity contribution in [2.24, 2.45) is 0 Å². The van der Waals surface area contributed by atoms with E-state index < -0.39 is 11.2 Å². The van der Waals surface area contributed by atoms with Crippen molar-refractivity contribution in [3.63, 3.8) is 0 Å². The van der Waals surface area contributed by atoms with Gasteiger partial charge in [-0.2, -0.15) is 5.26 Å². The predicted octanol–water partition coefficient (Wildman–Crippen LogP) is 0.122. The minimum absolute atomic E-state index is 0.125. The second-order valence-electron chi connectivity index (χ2n) is 3.31. The Bertz CT molecular complexity index is 679. The van der Waals surface area contributed by atoms with Gasteiger partial charge in [-0.3, -0.25) is 19.3 Å². The van der Waals surface area contributed by atoms with Crippen molar-refractivity contribution in [1.82, 2.24) is 14.5 Å². The molecule has 0 bridgehead atoms. The highest BCUT2D eigenvalue weighted by atomic mass is 16.2. The van der Waals surface area contributed by atoms with E-state index >= 15 is 0 Å². The third-order valence-electron chi connectivity index (χ3n) is 2.22. The van der Waals surface area contributed by atoms with Crippen molar-refractivity contribution in [3.8, 4) is 17.3 Å². The average Bonchev–Trinajstić information content (AvgIpc) is 2.33. The molecule has 0 aromatic carbocycles. The minimum Gasteiger partial charge on any atom is -0.279 e. The fourth-order valence-electron chi connectivity index (χ4n) is 1.50. The van der Waals surface area contributed by atoms with Crippen molar-refractivity contribution >= 4 is 0 Å². The van der Waals surface area contributed by atoms with Crippen LogP contribution in [0.1, 0.15) is 0 Å². The Morgan fingerprint density at radius 2 is 2.29 bits per heavy atom. The van der Waals surface area contributed by atoms with Crippen molar-refractivity contribution in [3.05, 3.63) is 51.4 Å². The van der Waals surface area contributed by atoms with Crippen LogP contribution in [0.2, 0.25) is 0 Å². The zero-order valence-electron chi connectivity index (χ0n) is 8.75. The Labute approximate surface area is 95.8 Å². The molecule has 0 unspecified atom stereocenters. The molecular weight excluding hydrogens is 220 g/mol. The standard InChI is InChI=1S/C11H8N4O2/c12-3-5-15-9(6-10(16)14-11(15)17)8-2-1-4-13-7-8/h1-2,4,6-7H,5H2,(H,14,16,17). The first-order valence-electron chi connectivity index (χ1n) is 4.84. The number of hydrogen-bond donors (Lipinski definition) is 1. The van der Waals surface area contributed by atoms with E-state index in [0.29, 0.717) is 11.3 Å². The molecule has 0 radical (unpaired) electrons. The molecule has 0 saturated heterocycles. The summed E-state index contributed by atoms with van der Waals surface area (Å²) in [6.07, 6.45) is 3.12. The molecule has 84 valence electrons. The summed E-state index contributed by atoms with van der Waals surface area (Å²) < 4.78 is 1.19. The van der Waals surface area contributed by atoms with E-state index in [4.69, 9.17) is 5.26 Å². The zero-order valence-corrected chi connectivity index (χ0v) is 8.75. The van der Waals surface area contributed by atoms with E-state index in [9.17, 15) is 9.59 Å². The van der Waals surface area contributed by atoms with Gasteiger partial charge in [-0.15, -0.1) is 0 Å². The van der Waals surface area contributed by atoms with Gasteiger partial charge in [0.15, 0.2) is 0 Å². The molecule has 2 heterocycles. The third-order valence-corrected chi connectivity index (χ3v) is 2.22. The molecule has 2 aromatic rings. The molecule has 17 heavy (non-hydrogen) atoms. The van der Waals surface area contributed by atoms with E-state index in [1.807, 2.05) is 6.07 Å². The summed E-state index contributed by atoms with van der Waals surface area (Å²) in [6.45, 7) is -0.125. The van der Waals surface area contributed by atoms with Crippen molar-refractivity contribution in [2.45, 2.75) is 6.54 Å². The largest absolute Gasteiger partial charge is 0.329 e. The van der Waals surface area contributed by atoms with Crippen LogP contribution >= 0.6 is 0 Å². The zero-order chi connectivity index (χ0) is 12.3. The van der Waals surface area contributed by atoms with Crippen LogP contribution in [-0.2, 0) is 6.54 Å². The van der Waals surface area contributed by atoms with Crippen LogP contribution in [0.5, 0.6) is 0 Å². The highest BCUT2D eigenvalue weighted by Crippen LogP contribution is 2.13. The summed E-state index contributed by atoms with van der Waals surface area (Å²) in [7, 11) is 0. The van der Waals surface area contributed by atoms with Crippen molar-refractivity contribution in [2.75, 3.05) is 0 Å². The topological polar surface area (TPSA) is 91.5 Å². The number of aromatic amines is 1. The van der Waals surface area contributed by atoms with Crippen LogP contribution in [0.25, 0.3) is 11.3 Å². The van der Waals surface area contributed by atoms with E-state index in [0.717, 1.165) is 0 Å². The van der Waals surface area contributed by atoms with E-state index in [-0.39, 0.29) is 6.54 Å². The van der Waals surface area contributed by atoms with Crippen LogP contribution in [-0.4, -0.2) is 14.5 Å². The molecule has 0 aliphatic carbocycles. The Morgan fingerprint density at radius 1 is 1.47 bits per heavy atom. The monoisotopic (exact) mass is 228 g/mol. The van der Waals surface area contributed by atoms with Gasteiger partial charge in [0.25, 0.3) is 5.56 Å². The highest BCUT2D eigenvalue weighted by Gasteiger charge is 2.07. The van der Waals surface area contributed by atoms with Gasteiger partial charge in [-0.05, 0) is 12.1 Å². The molecule has 0 spiro atoms. The molecule has 0 saturated carbocycles. The Hall–Kier alpha value is -2.68. The van der Waals surface area contributed by atoms with Gasteiger partial charge in [-0.25, -0.2) is 4.79 Å². The van der Waals surface area contributed by atoms with E-state index in [1.54, 1.807) is 18.3 Å². The first kappa shape index (κ1) is 10.8.